The Morgan fingerprint density at radius 3 is 2.26 bits per heavy atom. The number of benzene rings is 1. The van der Waals surface area contributed by atoms with Crippen LogP contribution in [0.4, 0.5) is 14.5 Å². The zero-order valence-corrected chi connectivity index (χ0v) is 10.8. The summed E-state index contributed by atoms with van der Waals surface area (Å²) in [5.74, 6) is -3.12. The van der Waals surface area contributed by atoms with Gasteiger partial charge in [0.1, 0.15) is 17.3 Å². The maximum atomic E-state index is 13.5. The molecule has 1 aromatic rings. The van der Waals surface area contributed by atoms with Crippen LogP contribution in [-0.4, -0.2) is 28.8 Å². The lowest BCUT2D eigenvalue weighted by Crippen LogP contribution is -2.22. The van der Waals surface area contributed by atoms with Crippen LogP contribution in [0.3, 0.4) is 0 Å². The fraction of sp³-hybridized carbons (Fsp3) is 0.462. The molecule has 1 atom stereocenters. The molecule has 0 saturated heterocycles. The van der Waals surface area contributed by atoms with Gasteiger partial charge in [-0.25, -0.2) is 13.6 Å². The normalized spacial score (nSPS) is 12.5. The minimum Gasteiger partial charge on any atom is -0.478 e. The fourth-order valence-electron chi connectivity index (χ4n) is 1.71. The van der Waals surface area contributed by atoms with Gasteiger partial charge in [0.25, 0.3) is 0 Å². The van der Waals surface area contributed by atoms with Crippen molar-refractivity contribution in [1.82, 2.24) is 0 Å². The number of aliphatic hydroxyl groups excluding tert-OH is 1. The summed E-state index contributed by atoms with van der Waals surface area (Å²) < 4.78 is 27.1. The van der Waals surface area contributed by atoms with E-state index in [2.05, 4.69) is 5.32 Å². The van der Waals surface area contributed by atoms with Gasteiger partial charge in [0.2, 0.25) is 0 Å². The van der Waals surface area contributed by atoms with Crippen molar-refractivity contribution in [2.75, 3.05) is 11.9 Å². The number of hydrogen-bond acceptors (Lipinski definition) is 3. The third kappa shape index (κ3) is 4.48. The zero-order valence-electron chi connectivity index (χ0n) is 10.8. The average Bonchev–Trinajstić information content (AvgIpc) is 2.26. The monoisotopic (exact) mass is 273 g/mol. The Labute approximate surface area is 110 Å². The lowest BCUT2D eigenvalue weighted by molar-refractivity contribution is 0.0695. The summed E-state index contributed by atoms with van der Waals surface area (Å²) in [5, 5.41) is 20.7. The number of aromatic carboxylic acids is 1. The maximum absolute atomic E-state index is 13.5. The summed E-state index contributed by atoms with van der Waals surface area (Å²) in [6, 6.07) is 1.48. The first-order valence-electron chi connectivity index (χ1n) is 5.95. The lowest BCUT2D eigenvalue weighted by atomic mass is 10.1. The molecule has 0 aliphatic rings. The zero-order chi connectivity index (χ0) is 14.6. The predicted octanol–water partition coefficient (Wildman–Crippen LogP) is 2.48. The second kappa shape index (κ2) is 6.47. The fourth-order valence-corrected chi connectivity index (χ4v) is 1.71. The Kier molecular flexibility index (Phi) is 5.23. The summed E-state index contributed by atoms with van der Waals surface area (Å²) in [4.78, 5) is 10.6. The number of rotatable bonds is 6. The number of anilines is 1. The molecule has 6 heteroatoms. The highest BCUT2D eigenvalue weighted by Crippen LogP contribution is 2.21. The summed E-state index contributed by atoms with van der Waals surface area (Å²) >= 11 is 0. The van der Waals surface area contributed by atoms with Crippen molar-refractivity contribution in [2.45, 2.75) is 26.4 Å². The molecule has 0 saturated carbocycles. The van der Waals surface area contributed by atoms with Gasteiger partial charge in [-0.05, 0) is 24.5 Å². The van der Waals surface area contributed by atoms with Crippen molar-refractivity contribution in [2.24, 2.45) is 5.92 Å². The number of carbonyl (C=O) groups is 1. The number of nitrogens with one attached hydrogen (secondary N) is 1. The third-order valence-electron chi connectivity index (χ3n) is 2.55. The molecule has 0 bridgehead atoms. The largest absolute Gasteiger partial charge is 0.478 e. The minimum absolute atomic E-state index is 0.00155. The molecule has 1 rings (SSSR count). The van der Waals surface area contributed by atoms with Crippen LogP contribution in [0.2, 0.25) is 0 Å². The Morgan fingerprint density at radius 1 is 1.32 bits per heavy atom. The van der Waals surface area contributed by atoms with E-state index in [-0.39, 0.29) is 12.5 Å². The molecule has 0 radical (unpaired) electrons. The van der Waals surface area contributed by atoms with Crippen LogP contribution in [-0.2, 0) is 0 Å². The molecule has 1 unspecified atom stereocenters. The first-order chi connectivity index (χ1) is 8.81. The van der Waals surface area contributed by atoms with Gasteiger partial charge in [-0.2, -0.15) is 0 Å². The quantitative estimate of drug-likeness (QED) is 0.744. The highest BCUT2D eigenvalue weighted by Gasteiger charge is 2.15. The van der Waals surface area contributed by atoms with Gasteiger partial charge in [-0.3, -0.25) is 0 Å². The van der Waals surface area contributed by atoms with Crippen molar-refractivity contribution in [1.29, 1.82) is 0 Å². The van der Waals surface area contributed by atoms with Crippen LogP contribution in [0.5, 0.6) is 0 Å². The first kappa shape index (κ1) is 15.4. The number of carboxylic acid groups (broad SMARTS) is 1. The molecule has 0 aliphatic carbocycles. The van der Waals surface area contributed by atoms with Crippen molar-refractivity contribution >= 4 is 11.7 Å². The van der Waals surface area contributed by atoms with Gasteiger partial charge < -0.3 is 15.5 Å². The van der Waals surface area contributed by atoms with Crippen molar-refractivity contribution in [3.8, 4) is 0 Å². The van der Waals surface area contributed by atoms with Crippen molar-refractivity contribution < 1.29 is 23.8 Å². The lowest BCUT2D eigenvalue weighted by Gasteiger charge is -2.15. The van der Waals surface area contributed by atoms with Crippen LogP contribution in [0.15, 0.2) is 12.1 Å². The topological polar surface area (TPSA) is 69.6 Å². The molecule has 0 heterocycles. The van der Waals surface area contributed by atoms with E-state index in [9.17, 15) is 18.7 Å². The summed E-state index contributed by atoms with van der Waals surface area (Å²) in [6.07, 6.45) is -0.221. The predicted molar refractivity (Wildman–Crippen MR) is 67.3 cm³/mol. The molecule has 0 amide bonds. The first-order valence-corrected chi connectivity index (χ1v) is 5.95. The Bertz CT molecular complexity index is 440. The van der Waals surface area contributed by atoms with E-state index in [4.69, 9.17) is 5.11 Å². The van der Waals surface area contributed by atoms with E-state index in [1.54, 1.807) is 0 Å². The molecule has 0 fully saturated rings. The van der Waals surface area contributed by atoms with Gasteiger partial charge in [0.05, 0.1) is 11.7 Å². The molecule has 19 heavy (non-hydrogen) atoms. The molecule has 0 aliphatic heterocycles. The molecule has 3 N–H and O–H groups in total. The molecule has 106 valence electrons. The van der Waals surface area contributed by atoms with E-state index in [1.807, 2.05) is 13.8 Å². The van der Waals surface area contributed by atoms with E-state index in [0.29, 0.717) is 6.42 Å². The number of halogens is 2. The summed E-state index contributed by atoms with van der Waals surface area (Å²) in [5.41, 5.74) is -0.879. The maximum Gasteiger partial charge on any atom is 0.335 e. The Balaban J connectivity index is 2.77. The molecular weight excluding hydrogens is 256 g/mol. The smallest absolute Gasteiger partial charge is 0.335 e. The highest BCUT2D eigenvalue weighted by molar-refractivity contribution is 5.88. The van der Waals surface area contributed by atoms with E-state index >= 15 is 0 Å². The SMILES string of the molecule is CC(C)CC(O)CNc1c(F)cc(C(=O)O)cc1F. The minimum atomic E-state index is -1.40. The Morgan fingerprint density at radius 2 is 1.84 bits per heavy atom. The van der Waals surface area contributed by atoms with Crippen molar-refractivity contribution in [3.63, 3.8) is 0 Å². The van der Waals surface area contributed by atoms with Gasteiger partial charge >= 0.3 is 5.97 Å². The van der Waals surface area contributed by atoms with Crippen LogP contribution in [0, 0.1) is 17.6 Å². The second-order valence-corrected chi connectivity index (χ2v) is 4.78. The average molecular weight is 273 g/mol. The third-order valence-corrected chi connectivity index (χ3v) is 2.55. The number of aliphatic hydroxyl groups is 1. The van der Waals surface area contributed by atoms with Crippen LogP contribution in [0.1, 0.15) is 30.6 Å². The van der Waals surface area contributed by atoms with E-state index < -0.39 is 35.0 Å². The molecule has 4 nitrogen and oxygen atoms in total. The van der Waals surface area contributed by atoms with Gasteiger partial charge in [0, 0.05) is 6.54 Å². The van der Waals surface area contributed by atoms with Gasteiger partial charge in [0.15, 0.2) is 0 Å². The number of hydrogen-bond donors (Lipinski definition) is 3. The molecular formula is C13H17F2NO3. The highest BCUT2D eigenvalue weighted by atomic mass is 19.1. The van der Waals surface area contributed by atoms with Crippen LogP contribution in [0.25, 0.3) is 0 Å². The van der Waals surface area contributed by atoms with E-state index in [0.717, 1.165) is 12.1 Å². The van der Waals surface area contributed by atoms with Gasteiger partial charge in [-0.1, -0.05) is 13.8 Å². The van der Waals surface area contributed by atoms with E-state index in [1.165, 1.54) is 0 Å². The van der Waals surface area contributed by atoms with Crippen LogP contribution < -0.4 is 5.32 Å². The van der Waals surface area contributed by atoms with Crippen LogP contribution >= 0.6 is 0 Å². The molecule has 0 aromatic heterocycles. The second-order valence-electron chi connectivity index (χ2n) is 4.78. The summed E-state index contributed by atoms with van der Waals surface area (Å²) in [7, 11) is 0. The molecule has 1 aromatic carbocycles. The molecule has 0 spiro atoms. The van der Waals surface area contributed by atoms with Crippen molar-refractivity contribution in [3.05, 3.63) is 29.3 Å². The standard InChI is InChI=1S/C13H17F2NO3/c1-7(2)3-9(17)6-16-12-10(14)4-8(13(18)19)5-11(12)15/h4-5,7,9,16-17H,3,6H2,1-2H3,(H,18,19). The number of carboxylic acids is 1. The van der Waals surface area contributed by atoms with Gasteiger partial charge in [-0.15, -0.1) is 0 Å². The Hall–Kier alpha value is -1.69. The summed E-state index contributed by atoms with van der Waals surface area (Å²) in [6.45, 7) is 3.84.